The summed E-state index contributed by atoms with van der Waals surface area (Å²) in [6.45, 7) is 8.48. The smallest absolute Gasteiger partial charge is 0.228 e. The number of hydrogen-bond acceptors (Lipinski definition) is 1. The van der Waals surface area contributed by atoms with E-state index in [9.17, 15) is 4.79 Å². The van der Waals surface area contributed by atoms with Crippen molar-refractivity contribution in [2.24, 2.45) is 16.7 Å². The number of halogens is 1. The molecule has 70 valence electrons. The van der Waals surface area contributed by atoms with Crippen LogP contribution in [0.3, 0.4) is 0 Å². The van der Waals surface area contributed by atoms with Crippen molar-refractivity contribution in [2.75, 3.05) is 0 Å². The highest BCUT2D eigenvalue weighted by Gasteiger charge is 2.53. The van der Waals surface area contributed by atoms with Gasteiger partial charge in [0.1, 0.15) is 0 Å². The van der Waals surface area contributed by atoms with Crippen molar-refractivity contribution in [3.63, 3.8) is 0 Å². The van der Waals surface area contributed by atoms with E-state index in [0.29, 0.717) is 5.92 Å². The summed E-state index contributed by atoms with van der Waals surface area (Å²) >= 11 is 5.64. The molecule has 0 aliphatic heterocycles. The van der Waals surface area contributed by atoms with Crippen molar-refractivity contribution < 1.29 is 4.79 Å². The third kappa shape index (κ3) is 1.10. The van der Waals surface area contributed by atoms with Crippen LogP contribution in [-0.2, 0) is 4.79 Å². The molecule has 1 fully saturated rings. The van der Waals surface area contributed by atoms with Crippen molar-refractivity contribution in [1.29, 1.82) is 0 Å². The van der Waals surface area contributed by atoms with Crippen molar-refractivity contribution in [3.8, 4) is 0 Å². The van der Waals surface area contributed by atoms with E-state index in [0.717, 1.165) is 12.8 Å². The number of carbonyl (C=O) groups is 1. The Morgan fingerprint density at radius 3 is 2.08 bits per heavy atom. The minimum absolute atomic E-state index is 0.0475. The lowest BCUT2D eigenvalue weighted by Gasteiger charge is -2.37. The fraction of sp³-hybridized carbons (Fsp3) is 0.900. The molecule has 0 N–H and O–H groups in total. The zero-order chi connectivity index (χ0) is 9.57. The Morgan fingerprint density at radius 1 is 1.42 bits per heavy atom. The van der Waals surface area contributed by atoms with Crippen molar-refractivity contribution in [2.45, 2.75) is 40.5 Å². The van der Waals surface area contributed by atoms with Crippen LogP contribution in [0.25, 0.3) is 0 Å². The zero-order valence-corrected chi connectivity index (χ0v) is 9.03. The van der Waals surface area contributed by atoms with Crippen LogP contribution < -0.4 is 0 Å². The fourth-order valence-corrected chi connectivity index (χ4v) is 2.42. The topological polar surface area (TPSA) is 17.1 Å². The lowest BCUT2D eigenvalue weighted by molar-refractivity contribution is -0.124. The minimum atomic E-state index is -0.312. The Labute approximate surface area is 79.5 Å². The van der Waals surface area contributed by atoms with Crippen molar-refractivity contribution in [3.05, 3.63) is 0 Å². The van der Waals surface area contributed by atoms with Gasteiger partial charge < -0.3 is 0 Å². The van der Waals surface area contributed by atoms with Gasteiger partial charge in [-0.25, -0.2) is 0 Å². The molecular weight excluding hydrogens is 172 g/mol. The van der Waals surface area contributed by atoms with Gasteiger partial charge in [-0.3, -0.25) is 4.79 Å². The van der Waals surface area contributed by atoms with Gasteiger partial charge in [0.25, 0.3) is 0 Å². The fourth-order valence-electron chi connectivity index (χ4n) is 2.08. The molecule has 0 heterocycles. The van der Waals surface area contributed by atoms with Gasteiger partial charge in [0.05, 0.1) is 0 Å². The van der Waals surface area contributed by atoms with E-state index in [2.05, 4.69) is 20.8 Å². The van der Waals surface area contributed by atoms with Gasteiger partial charge in [-0.05, 0) is 35.8 Å². The van der Waals surface area contributed by atoms with Gasteiger partial charge in [0.2, 0.25) is 5.24 Å². The molecule has 0 aromatic heterocycles. The Hall–Kier alpha value is -0.0400. The highest BCUT2D eigenvalue weighted by molar-refractivity contribution is 6.64. The third-order valence-corrected chi connectivity index (χ3v) is 4.58. The number of rotatable bonds is 1. The maximum atomic E-state index is 11.3. The first-order valence-electron chi connectivity index (χ1n) is 4.52. The Balaban J connectivity index is 3.01. The molecule has 1 aliphatic rings. The average Bonchev–Trinajstić information content (AvgIpc) is 2.15. The maximum Gasteiger partial charge on any atom is 0.228 e. The van der Waals surface area contributed by atoms with Gasteiger partial charge in [0, 0.05) is 5.41 Å². The molecule has 0 unspecified atom stereocenters. The minimum Gasteiger partial charge on any atom is -0.281 e. The van der Waals surface area contributed by atoms with Crippen LogP contribution in [0.15, 0.2) is 0 Å². The van der Waals surface area contributed by atoms with E-state index in [-0.39, 0.29) is 16.1 Å². The van der Waals surface area contributed by atoms with Gasteiger partial charge in [0.15, 0.2) is 0 Å². The standard InChI is InChI=1S/C10H17ClO/c1-7-5-6-10(4,8(11)12)9(7,2)3/h7H,5-6H2,1-4H3/t7-,10-/m0/s1. The number of hydrogen-bond donors (Lipinski definition) is 0. The van der Waals surface area contributed by atoms with Gasteiger partial charge in [-0.15, -0.1) is 0 Å². The van der Waals surface area contributed by atoms with E-state index >= 15 is 0 Å². The molecule has 1 rings (SSSR count). The largest absolute Gasteiger partial charge is 0.281 e. The van der Waals surface area contributed by atoms with E-state index in [1.807, 2.05) is 6.92 Å². The summed E-state index contributed by atoms with van der Waals surface area (Å²) in [5, 5.41) is -0.170. The van der Waals surface area contributed by atoms with E-state index in [1.54, 1.807) is 0 Å². The van der Waals surface area contributed by atoms with Gasteiger partial charge in [-0.1, -0.05) is 27.7 Å². The molecule has 0 aromatic rings. The zero-order valence-electron chi connectivity index (χ0n) is 8.28. The molecule has 0 radical (unpaired) electrons. The lowest BCUT2D eigenvalue weighted by atomic mass is 9.67. The predicted octanol–water partition coefficient (Wildman–Crippen LogP) is 3.21. The van der Waals surface area contributed by atoms with Gasteiger partial charge >= 0.3 is 0 Å². The van der Waals surface area contributed by atoms with Gasteiger partial charge in [-0.2, -0.15) is 0 Å². The first-order valence-corrected chi connectivity index (χ1v) is 4.90. The SMILES string of the molecule is C[C@H]1CC[C@@](C)(C(=O)Cl)C1(C)C. The van der Waals surface area contributed by atoms with Crippen LogP contribution >= 0.6 is 11.6 Å². The summed E-state index contributed by atoms with van der Waals surface area (Å²) in [6, 6.07) is 0. The Morgan fingerprint density at radius 2 is 1.92 bits per heavy atom. The third-order valence-electron chi connectivity index (χ3n) is 4.17. The van der Waals surface area contributed by atoms with E-state index in [1.165, 1.54) is 0 Å². The molecule has 2 heteroatoms. The molecule has 2 atom stereocenters. The molecule has 0 saturated heterocycles. The molecule has 12 heavy (non-hydrogen) atoms. The Bertz CT molecular complexity index is 210. The van der Waals surface area contributed by atoms with Crippen molar-refractivity contribution in [1.82, 2.24) is 0 Å². The highest BCUT2D eigenvalue weighted by Crippen LogP contribution is 2.56. The first kappa shape index (κ1) is 10.0. The molecule has 1 aliphatic carbocycles. The first-order chi connectivity index (χ1) is 5.32. The van der Waals surface area contributed by atoms with Crippen LogP contribution in [0.5, 0.6) is 0 Å². The number of carbonyl (C=O) groups excluding carboxylic acids is 1. The second-order valence-electron chi connectivity index (χ2n) is 4.77. The monoisotopic (exact) mass is 188 g/mol. The summed E-state index contributed by atoms with van der Waals surface area (Å²) < 4.78 is 0. The van der Waals surface area contributed by atoms with E-state index in [4.69, 9.17) is 11.6 Å². The quantitative estimate of drug-likeness (QED) is 0.578. The predicted molar refractivity (Wildman–Crippen MR) is 51.1 cm³/mol. The molecule has 0 amide bonds. The molecule has 0 spiro atoms. The summed E-state index contributed by atoms with van der Waals surface area (Å²) in [5.74, 6) is 0.588. The van der Waals surface area contributed by atoms with Crippen LogP contribution in [0, 0.1) is 16.7 Å². The average molecular weight is 189 g/mol. The van der Waals surface area contributed by atoms with Crippen LogP contribution in [0.2, 0.25) is 0 Å². The van der Waals surface area contributed by atoms with Crippen LogP contribution in [0.1, 0.15) is 40.5 Å². The summed E-state index contributed by atoms with van der Waals surface area (Å²) in [4.78, 5) is 11.3. The normalized spacial score (nSPS) is 39.9. The lowest BCUT2D eigenvalue weighted by Crippen LogP contribution is -2.37. The molecule has 1 nitrogen and oxygen atoms in total. The van der Waals surface area contributed by atoms with Crippen LogP contribution in [-0.4, -0.2) is 5.24 Å². The summed E-state index contributed by atoms with van der Waals surface area (Å²) in [7, 11) is 0. The second kappa shape index (κ2) is 2.73. The van der Waals surface area contributed by atoms with Crippen LogP contribution in [0.4, 0.5) is 0 Å². The molecule has 1 saturated carbocycles. The second-order valence-corrected chi connectivity index (χ2v) is 5.11. The molecule has 0 aromatic carbocycles. The van der Waals surface area contributed by atoms with E-state index < -0.39 is 0 Å². The van der Waals surface area contributed by atoms with Crippen molar-refractivity contribution >= 4 is 16.8 Å². The maximum absolute atomic E-state index is 11.3. The summed E-state index contributed by atoms with van der Waals surface area (Å²) in [5.41, 5.74) is -0.264. The summed E-state index contributed by atoms with van der Waals surface area (Å²) in [6.07, 6.45) is 2.05. The highest BCUT2D eigenvalue weighted by atomic mass is 35.5. The molecular formula is C10H17ClO. The molecule has 0 bridgehead atoms. The Kier molecular flexibility index (Phi) is 2.28.